The lowest BCUT2D eigenvalue weighted by Gasteiger charge is -2.40. The maximum atomic E-state index is 6.02. The van der Waals surface area contributed by atoms with E-state index in [4.69, 9.17) is 5.73 Å². The third-order valence-electron chi connectivity index (χ3n) is 2.80. The first-order valence-corrected chi connectivity index (χ1v) is 4.21. The van der Waals surface area contributed by atoms with Crippen molar-refractivity contribution in [3.05, 3.63) is 0 Å². The van der Waals surface area contributed by atoms with Crippen LogP contribution in [0.1, 0.15) is 12.8 Å². The molecule has 2 fully saturated rings. The molecule has 1 aliphatic carbocycles. The van der Waals surface area contributed by atoms with Gasteiger partial charge in [0, 0.05) is 19.1 Å². The average Bonchev–Trinajstić information content (AvgIpc) is 2.60. The quantitative estimate of drug-likeness (QED) is 0.597. The van der Waals surface area contributed by atoms with E-state index in [1.807, 2.05) is 0 Å². The Labute approximate surface area is 62.4 Å². The summed E-state index contributed by atoms with van der Waals surface area (Å²) in [6.45, 7) is 2.47. The third-order valence-corrected chi connectivity index (χ3v) is 2.80. The van der Waals surface area contributed by atoms with E-state index in [0.29, 0.717) is 6.04 Å². The summed E-state index contributed by atoms with van der Waals surface area (Å²) in [5.74, 6) is 1.70. The molecule has 1 unspecified atom stereocenters. The molecular weight excluding hydrogens is 124 g/mol. The minimum Gasteiger partial charge on any atom is -0.327 e. The fourth-order valence-electron chi connectivity index (χ4n) is 1.86. The van der Waals surface area contributed by atoms with Gasteiger partial charge in [0.05, 0.1) is 0 Å². The topological polar surface area (TPSA) is 29.3 Å². The van der Waals surface area contributed by atoms with Crippen LogP contribution >= 0.6 is 0 Å². The molecule has 0 spiro atoms. The van der Waals surface area contributed by atoms with Gasteiger partial charge in [-0.05, 0) is 31.7 Å². The fourth-order valence-corrected chi connectivity index (χ4v) is 1.86. The van der Waals surface area contributed by atoms with Crippen LogP contribution in [0.25, 0.3) is 0 Å². The van der Waals surface area contributed by atoms with Crippen LogP contribution in [0.3, 0.4) is 0 Å². The molecule has 0 radical (unpaired) electrons. The van der Waals surface area contributed by atoms with E-state index < -0.39 is 0 Å². The van der Waals surface area contributed by atoms with Gasteiger partial charge in [0.2, 0.25) is 0 Å². The number of likely N-dealkylation sites (tertiary alicyclic amines) is 1. The van der Waals surface area contributed by atoms with Gasteiger partial charge in [0.1, 0.15) is 0 Å². The van der Waals surface area contributed by atoms with E-state index in [9.17, 15) is 0 Å². The fraction of sp³-hybridized carbons (Fsp3) is 1.00. The van der Waals surface area contributed by atoms with Crippen molar-refractivity contribution in [3.63, 3.8) is 0 Å². The summed E-state index contributed by atoms with van der Waals surface area (Å²) in [5.41, 5.74) is 6.02. The van der Waals surface area contributed by atoms with Crippen LogP contribution in [0.2, 0.25) is 0 Å². The number of hydrogen-bond acceptors (Lipinski definition) is 2. The first kappa shape index (κ1) is 6.62. The zero-order valence-corrected chi connectivity index (χ0v) is 6.59. The van der Waals surface area contributed by atoms with E-state index in [2.05, 4.69) is 11.9 Å². The van der Waals surface area contributed by atoms with Crippen LogP contribution in [-0.4, -0.2) is 31.1 Å². The van der Waals surface area contributed by atoms with Crippen molar-refractivity contribution in [1.82, 2.24) is 4.90 Å². The average molecular weight is 140 g/mol. The van der Waals surface area contributed by atoms with Crippen LogP contribution in [0.4, 0.5) is 0 Å². The van der Waals surface area contributed by atoms with Crippen molar-refractivity contribution in [1.29, 1.82) is 0 Å². The Balaban J connectivity index is 1.77. The van der Waals surface area contributed by atoms with Crippen LogP contribution < -0.4 is 5.73 Å². The Morgan fingerprint density at radius 1 is 1.30 bits per heavy atom. The predicted molar refractivity (Wildman–Crippen MR) is 41.7 cm³/mol. The highest BCUT2D eigenvalue weighted by Gasteiger charge is 2.38. The Morgan fingerprint density at radius 2 is 1.90 bits per heavy atom. The lowest BCUT2D eigenvalue weighted by atomic mass is 9.90. The highest BCUT2D eigenvalue weighted by molar-refractivity contribution is 4.94. The molecule has 2 aliphatic rings. The summed E-state index contributed by atoms with van der Waals surface area (Å²) >= 11 is 0. The van der Waals surface area contributed by atoms with E-state index in [1.54, 1.807) is 0 Å². The first-order chi connectivity index (χ1) is 4.77. The van der Waals surface area contributed by atoms with E-state index >= 15 is 0 Å². The SMILES string of the molecule is CN1CC(C(N)C2CC2)C1. The van der Waals surface area contributed by atoms with Gasteiger partial charge in [-0.2, -0.15) is 0 Å². The van der Waals surface area contributed by atoms with Crippen molar-refractivity contribution in [2.75, 3.05) is 20.1 Å². The molecule has 2 rings (SSSR count). The van der Waals surface area contributed by atoms with Crippen molar-refractivity contribution in [2.45, 2.75) is 18.9 Å². The lowest BCUT2D eigenvalue weighted by molar-refractivity contribution is 0.105. The molecule has 1 atom stereocenters. The van der Waals surface area contributed by atoms with E-state index in [1.165, 1.54) is 25.9 Å². The molecule has 2 nitrogen and oxygen atoms in total. The standard InChI is InChI=1S/C8H16N2/c1-10-4-7(5-10)8(9)6-2-3-6/h6-8H,2-5,9H2,1H3. The molecule has 0 aromatic carbocycles. The van der Waals surface area contributed by atoms with Crippen molar-refractivity contribution < 1.29 is 0 Å². The van der Waals surface area contributed by atoms with Crippen molar-refractivity contribution >= 4 is 0 Å². The summed E-state index contributed by atoms with van der Waals surface area (Å²) in [5, 5.41) is 0. The van der Waals surface area contributed by atoms with E-state index in [-0.39, 0.29) is 0 Å². The zero-order chi connectivity index (χ0) is 7.14. The molecule has 2 N–H and O–H groups in total. The monoisotopic (exact) mass is 140 g/mol. The predicted octanol–water partition coefficient (Wildman–Crippen LogP) is 0.285. The van der Waals surface area contributed by atoms with Crippen molar-refractivity contribution in [3.8, 4) is 0 Å². The maximum absolute atomic E-state index is 6.02. The molecule has 0 amide bonds. The molecule has 10 heavy (non-hydrogen) atoms. The van der Waals surface area contributed by atoms with Crippen LogP contribution in [0, 0.1) is 11.8 Å². The van der Waals surface area contributed by atoms with Gasteiger partial charge in [-0.15, -0.1) is 0 Å². The summed E-state index contributed by atoms with van der Waals surface area (Å²) in [4.78, 5) is 2.34. The molecule has 1 aliphatic heterocycles. The Kier molecular flexibility index (Phi) is 1.46. The normalized spacial score (nSPS) is 31.8. The molecule has 1 heterocycles. The number of hydrogen-bond donors (Lipinski definition) is 1. The smallest absolute Gasteiger partial charge is 0.0120 e. The molecule has 58 valence electrons. The second-order valence-electron chi connectivity index (χ2n) is 3.90. The number of nitrogens with two attached hydrogens (primary N) is 1. The molecule has 2 heteroatoms. The van der Waals surface area contributed by atoms with Gasteiger partial charge in [-0.25, -0.2) is 0 Å². The maximum Gasteiger partial charge on any atom is 0.0120 e. The summed E-state index contributed by atoms with van der Waals surface area (Å²) in [6.07, 6.45) is 2.78. The Hall–Kier alpha value is -0.0800. The highest BCUT2D eigenvalue weighted by Crippen LogP contribution is 2.36. The van der Waals surface area contributed by atoms with Gasteiger partial charge < -0.3 is 10.6 Å². The molecule has 0 aromatic heterocycles. The summed E-state index contributed by atoms with van der Waals surface area (Å²) in [7, 11) is 2.16. The highest BCUT2D eigenvalue weighted by atomic mass is 15.2. The van der Waals surface area contributed by atoms with Gasteiger partial charge in [-0.3, -0.25) is 0 Å². The minimum absolute atomic E-state index is 0.524. The molecule has 1 saturated heterocycles. The number of nitrogens with zero attached hydrogens (tertiary/aromatic N) is 1. The largest absolute Gasteiger partial charge is 0.327 e. The molecular formula is C8H16N2. The second-order valence-corrected chi connectivity index (χ2v) is 3.90. The summed E-state index contributed by atoms with van der Waals surface area (Å²) < 4.78 is 0. The number of rotatable bonds is 2. The van der Waals surface area contributed by atoms with Crippen molar-refractivity contribution in [2.24, 2.45) is 17.6 Å². The van der Waals surface area contributed by atoms with E-state index in [0.717, 1.165) is 11.8 Å². The van der Waals surface area contributed by atoms with Gasteiger partial charge in [-0.1, -0.05) is 0 Å². The van der Waals surface area contributed by atoms with Gasteiger partial charge >= 0.3 is 0 Å². The van der Waals surface area contributed by atoms with Crippen LogP contribution in [0.15, 0.2) is 0 Å². The first-order valence-electron chi connectivity index (χ1n) is 4.21. The van der Waals surface area contributed by atoms with Crippen LogP contribution in [-0.2, 0) is 0 Å². The molecule has 1 saturated carbocycles. The third kappa shape index (κ3) is 1.06. The summed E-state index contributed by atoms with van der Waals surface area (Å²) in [6, 6.07) is 0.524. The Morgan fingerprint density at radius 3 is 2.30 bits per heavy atom. The van der Waals surface area contributed by atoms with Gasteiger partial charge in [0.15, 0.2) is 0 Å². The second kappa shape index (κ2) is 2.21. The van der Waals surface area contributed by atoms with Crippen LogP contribution in [0.5, 0.6) is 0 Å². The lowest BCUT2D eigenvalue weighted by Crippen LogP contribution is -2.53. The Bertz CT molecular complexity index is 125. The van der Waals surface area contributed by atoms with Gasteiger partial charge in [0.25, 0.3) is 0 Å². The molecule has 0 bridgehead atoms. The zero-order valence-electron chi connectivity index (χ0n) is 6.59. The molecule has 0 aromatic rings. The minimum atomic E-state index is 0.524.